The standard InChI is InChI=1S/C23H22ClNO3S/c1-16-8-11-19(12-9-16)29(26,27)25-15-21(24)23(17-6-4-3-5-7-17)20-14-18(28-2)10-13-22(20)25/h3-14,21,23H,15H2,1-2H3/t21-,23-/m0/s1. The Bertz CT molecular complexity index is 1110. The van der Waals surface area contributed by atoms with E-state index in [9.17, 15) is 8.42 Å². The molecule has 1 aliphatic rings. The average Bonchev–Trinajstić information content (AvgIpc) is 2.73. The van der Waals surface area contributed by atoms with E-state index in [1.165, 1.54) is 4.31 Å². The molecule has 150 valence electrons. The van der Waals surface area contributed by atoms with Gasteiger partial charge in [0.1, 0.15) is 5.75 Å². The summed E-state index contributed by atoms with van der Waals surface area (Å²) in [7, 11) is -2.14. The number of hydrogen-bond acceptors (Lipinski definition) is 3. The molecule has 4 nitrogen and oxygen atoms in total. The highest BCUT2D eigenvalue weighted by Gasteiger charge is 2.39. The van der Waals surface area contributed by atoms with Crippen LogP contribution in [-0.4, -0.2) is 27.4 Å². The van der Waals surface area contributed by atoms with Crippen LogP contribution in [0.3, 0.4) is 0 Å². The van der Waals surface area contributed by atoms with Crippen molar-refractivity contribution in [2.75, 3.05) is 18.0 Å². The van der Waals surface area contributed by atoms with Crippen LogP contribution < -0.4 is 9.04 Å². The third kappa shape index (κ3) is 3.61. The zero-order valence-electron chi connectivity index (χ0n) is 16.2. The van der Waals surface area contributed by atoms with Crippen molar-refractivity contribution in [3.8, 4) is 5.75 Å². The second-order valence-electron chi connectivity index (χ2n) is 7.18. The Kier molecular flexibility index (Phi) is 5.28. The number of nitrogens with zero attached hydrogens (tertiary/aromatic N) is 1. The number of hydrogen-bond donors (Lipinski definition) is 0. The van der Waals surface area contributed by atoms with Crippen molar-refractivity contribution >= 4 is 27.3 Å². The maximum absolute atomic E-state index is 13.4. The number of halogens is 1. The minimum atomic E-state index is -3.74. The number of benzene rings is 3. The molecule has 3 aromatic rings. The average molecular weight is 428 g/mol. The van der Waals surface area contributed by atoms with Gasteiger partial charge in [-0.25, -0.2) is 8.42 Å². The number of sulfonamides is 1. The van der Waals surface area contributed by atoms with Crippen LogP contribution in [0.1, 0.15) is 22.6 Å². The van der Waals surface area contributed by atoms with Crippen LogP contribution in [-0.2, 0) is 10.0 Å². The van der Waals surface area contributed by atoms with E-state index in [1.807, 2.05) is 43.3 Å². The van der Waals surface area contributed by atoms with Gasteiger partial charge in [-0.15, -0.1) is 11.6 Å². The van der Waals surface area contributed by atoms with E-state index >= 15 is 0 Å². The topological polar surface area (TPSA) is 46.6 Å². The van der Waals surface area contributed by atoms with Gasteiger partial charge in [-0.1, -0.05) is 48.0 Å². The minimum Gasteiger partial charge on any atom is -0.497 e. The molecule has 2 atom stereocenters. The van der Waals surface area contributed by atoms with E-state index in [1.54, 1.807) is 43.5 Å². The number of anilines is 1. The first kappa shape index (κ1) is 19.8. The molecule has 0 saturated carbocycles. The quantitative estimate of drug-likeness (QED) is 0.553. The number of aryl methyl sites for hydroxylation is 1. The molecule has 0 unspecified atom stereocenters. The second-order valence-corrected chi connectivity index (χ2v) is 9.60. The summed E-state index contributed by atoms with van der Waals surface area (Å²) in [5, 5.41) is -0.419. The smallest absolute Gasteiger partial charge is 0.264 e. The van der Waals surface area contributed by atoms with Gasteiger partial charge in [0.25, 0.3) is 10.0 Å². The Balaban J connectivity index is 1.87. The van der Waals surface area contributed by atoms with Gasteiger partial charge in [0.2, 0.25) is 0 Å². The van der Waals surface area contributed by atoms with E-state index in [-0.39, 0.29) is 17.4 Å². The Morgan fingerprint density at radius 1 is 1.00 bits per heavy atom. The SMILES string of the molecule is COc1ccc2c(c1)[C@H](c1ccccc1)[C@@H](Cl)CN2S(=O)(=O)c1ccc(C)cc1. The van der Waals surface area contributed by atoms with Gasteiger partial charge >= 0.3 is 0 Å². The van der Waals surface area contributed by atoms with Crippen molar-refractivity contribution in [1.29, 1.82) is 0 Å². The second kappa shape index (κ2) is 7.73. The fraction of sp³-hybridized carbons (Fsp3) is 0.217. The van der Waals surface area contributed by atoms with Crippen LogP contribution in [0.4, 0.5) is 5.69 Å². The van der Waals surface area contributed by atoms with E-state index in [0.29, 0.717) is 11.4 Å². The van der Waals surface area contributed by atoms with Crippen molar-refractivity contribution in [2.45, 2.75) is 23.1 Å². The summed E-state index contributed by atoms with van der Waals surface area (Å²) in [5.74, 6) is 0.538. The molecule has 0 aliphatic carbocycles. The fourth-order valence-corrected chi connectivity index (χ4v) is 5.82. The van der Waals surface area contributed by atoms with Crippen LogP contribution in [0, 0.1) is 6.92 Å². The zero-order valence-corrected chi connectivity index (χ0v) is 17.8. The molecule has 0 amide bonds. The fourth-order valence-electron chi connectivity index (χ4n) is 3.81. The lowest BCUT2D eigenvalue weighted by atomic mass is 9.84. The van der Waals surface area contributed by atoms with Gasteiger partial charge in [0.05, 0.1) is 29.6 Å². The zero-order chi connectivity index (χ0) is 20.6. The Hall–Kier alpha value is -2.50. The lowest BCUT2D eigenvalue weighted by Gasteiger charge is -2.38. The minimum absolute atomic E-state index is 0.132. The summed E-state index contributed by atoms with van der Waals surface area (Å²) in [6.45, 7) is 2.12. The van der Waals surface area contributed by atoms with Crippen LogP contribution in [0.25, 0.3) is 0 Å². The van der Waals surface area contributed by atoms with Gasteiger partial charge in [0, 0.05) is 5.92 Å². The highest BCUT2D eigenvalue weighted by Crippen LogP contribution is 2.45. The van der Waals surface area contributed by atoms with Crippen molar-refractivity contribution in [3.63, 3.8) is 0 Å². The molecule has 1 aliphatic heterocycles. The first-order chi connectivity index (χ1) is 13.9. The molecule has 3 aromatic carbocycles. The maximum Gasteiger partial charge on any atom is 0.264 e. The molecule has 0 radical (unpaired) electrons. The highest BCUT2D eigenvalue weighted by molar-refractivity contribution is 7.92. The molecule has 0 N–H and O–H groups in total. The molecule has 29 heavy (non-hydrogen) atoms. The Morgan fingerprint density at radius 3 is 2.34 bits per heavy atom. The lowest BCUT2D eigenvalue weighted by Crippen LogP contribution is -2.42. The number of rotatable bonds is 4. The summed E-state index contributed by atoms with van der Waals surface area (Å²) in [6, 6.07) is 22.3. The van der Waals surface area contributed by atoms with Crippen molar-refractivity contribution in [1.82, 2.24) is 0 Å². The van der Waals surface area contributed by atoms with Gasteiger partial charge in [-0.05, 0) is 48.4 Å². The molecule has 0 aromatic heterocycles. The number of methoxy groups -OCH3 is 1. The lowest BCUT2D eigenvalue weighted by molar-refractivity contribution is 0.413. The van der Waals surface area contributed by atoms with E-state index < -0.39 is 15.4 Å². The predicted octanol–water partition coefficient (Wildman–Crippen LogP) is 4.95. The molecule has 0 bridgehead atoms. The normalized spacial score (nSPS) is 18.9. The maximum atomic E-state index is 13.4. The molecule has 4 rings (SSSR count). The van der Waals surface area contributed by atoms with Gasteiger partial charge in [-0.2, -0.15) is 0 Å². The molecule has 0 spiro atoms. The van der Waals surface area contributed by atoms with E-state index in [4.69, 9.17) is 16.3 Å². The molecule has 1 heterocycles. The van der Waals surface area contributed by atoms with Crippen LogP contribution in [0.15, 0.2) is 77.7 Å². The summed E-state index contributed by atoms with van der Waals surface area (Å²) >= 11 is 6.81. The predicted molar refractivity (Wildman–Crippen MR) is 117 cm³/mol. The van der Waals surface area contributed by atoms with Crippen LogP contribution in [0.2, 0.25) is 0 Å². The number of ether oxygens (including phenoxy) is 1. The van der Waals surface area contributed by atoms with Gasteiger partial charge in [-0.3, -0.25) is 4.31 Å². The van der Waals surface area contributed by atoms with Gasteiger partial charge < -0.3 is 4.74 Å². The molecule has 0 fully saturated rings. The first-order valence-electron chi connectivity index (χ1n) is 9.38. The molecule has 6 heteroatoms. The summed E-state index contributed by atoms with van der Waals surface area (Å²) in [5.41, 5.74) is 3.54. The summed E-state index contributed by atoms with van der Waals surface area (Å²) in [4.78, 5) is 0.256. The summed E-state index contributed by atoms with van der Waals surface area (Å²) < 4.78 is 33.7. The monoisotopic (exact) mass is 427 g/mol. The van der Waals surface area contributed by atoms with Crippen LogP contribution >= 0.6 is 11.6 Å². The largest absolute Gasteiger partial charge is 0.497 e. The van der Waals surface area contributed by atoms with E-state index in [2.05, 4.69) is 0 Å². The molecular weight excluding hydrogens is 406 g/mol. The third-order valence-electron chi connectivity index (χ3n) is 5.31. The third-order valence-corrected chi connectivity index (χ3v) is 7.49. The molecular formula is C23H22ClNO3S. The first-order valence-corrected chi connectivity index (χ1v) is 11.3. The molecule has 0 saturated heterocycles. The van der Waals surface area contributed by atoms with Crippen LogP contribution in [0.5, 0.6) is 5.75 Å². The summed E-state index contributed by atoms with van der Waals surface area (Å²) in [6.07, 6.45) is 0. The number of alkyl halides is 1. The van der Waals surface area contributed by atoms with Crippen molar-refractivity contribution in [3.05, 3.63) is 89.5 Å². The number of fused-ring (bicyclic) bond motifs is 1. The highest BCUT2D eigenvalue weighted by atomic mass is 35.5. The van der Waals surface area contributed by atoms with Crippen molar-refractivity contribution < 1.29 is 13.2 Å². The van der Waals surface area contributed by atoms with Gasteiger partial charge in [0.15, 0.2) is 0 Å². The van der Waals surface area contributed by atoms with E-state index in [0.717, 1.165) is 16.7 Å². The van der Waals surface area contributed by atoms with Crippen molar-refractivity contribution in [2.24, 2.45) is 0 Å². The Labute approximate surface area is 176 Å². The Morgan fingerprint density at radius 2 is 1.69 bits per heavy atom.